The summed E-state index contributed by atoms with van der Waals surface area (Å²) in [5.41, 5.74) is 1.92. The first-order chi connectivity index (χ1) is 28.1. The number of hydrogen-bond donors (Lipinski definition) is 4. The molecule has 1 aromatic carbocycles. The standard InChI is InChI=1S/C20H16F2N6O2.C19H20ClN5O4/c21-12-1-4-15(14(22)7-12)25-16-8-17(24-13-2-3-13)28-19(26-16)11(9-23-28)5-10-6-18(29)27-20(10)30;1-19(2,3)29-18(28)24(12-4-5-12)15-8-13(20)22-16-11(9-21-25(15)16)6-10-7-14(26)23-17(10)27/h1,4-5,7-9,13,24H,2-3,6H2,(H,25,26)(H,27,29,30);6,8-9,12H,4-5,7H2,1-3H3,(H,23,26,27)/b10-5+;10-6+. The van der Waals surface area contributed by atoms with Crippen LogP contribution in [0.1, 0.15) is 70.4 Å². The molecule has 17 nitrogen and oxygen atoms in total. The lowest BCUT2D eigenvalue weighted by atomic mass is 10.1. The summed E-state index contributed by atoms with van der Waals surface area (Å²) in [5, 5.41) is 19.5. The van der Waals surface area contributed by atoms with Gasteiger partial charge in [0.05, 0.1) is 30.9 Å². The first-order valence-electron chi connectivity index (χ1n) is 18.6. The summed E-state index contributed by atoms with van der Waals surface area (Å²) < 4.78 is 35.9. The lowest BCUT2D eigenvalue weighted by molar-refractivity contribution is -0.125. The Bertz CT molecular complexity index is 2660. The molecule has 4 fully saturated rings. The minimum Gasteiger partial charge on any atom is -0.443 e. The molecule has 0 unspecified atom stereocenters. The quantitative estimate of drug-likeness (QED) is 0.0873. The second-order valence-electron chi connectivity index (χ2n) is 15.3. The maximum atomic E-state index is 14.1. The van der Waals surface area contributed by atoms with Crippen LogP contribution in [0.25, 0.3) is 23.4 Å². The van der Waals surface area contributed by atoms with E-state index in [-0.39, 0.29) is 41.5 Å². The third-order valence-corrected chi connectivity index (χ3v) is 9.46. The fourth-order valence-electron chi connectivity index (χ4n) is 6.31. The van der Waals surface area contributed by atoms with E-state index in [9.17, 15) is 32.8 Å². The topological polar surface area (TPSA) is 206 Å². The number of rotatable bonds is 8. The van der Waals surface area contributed by atoms with E-state index in [1.165, 1.54) is 16.8 Å². The van der Waals surface area contributed by atoms with Gasteiger partial charge < -0.3 is 15.4 Å². The van der Waals surface area contributed by atoms with Crippen LogP contribution >= 0.6 is 11.6 Å². The Morgan fingerprint density at radius 2 is 1.49 bits per heavy atom. The monoisotopic (exact) mass is 827 g/mol. The van der Waals surface area contributed by atoms with Crippen LogP contribution < -0.4 is 26.2 Å². The van der Waals surface area contributed by atoms with Gasteiger partial charge in [0.2, 0.25) is 11.8 Å². The highest BCUT2D eigenvalue weighted by Crippen LogP contribution is 2.35. The van der Waals surface area contributed by atoms with Crippen LogP contribution in [0.15, 0.2) is 53.9 Å². The third-order valence-electron chi connectivity index (χ3n) is 9.27. The molecule has 2 aliphatic carbocycles. The van der Waals surface area contributed by atoms with Crippen molar-refractivity contribution in [2.75, 3.05) is 15.5 Å². The molecule has 2 saturated heterocycles. The Kier molecular flexibility index (Phi) is 10.1. The van der Waals surface area contributed by atoms with Crippen molar-refractivity contribution >= 4 is 87.9 Å². The molecule has 0 bridgehead atoms. The van der Waals surface area contributed by atoms with Gasteiger partial charge in [0.1, 0.15) is 39.8 Å². The first-order valence-corrected chi connectivity index (χ1v) is 19.0. The SMILES string of the molecule is CC(C)(C)OC(=O)N(c1cc(Cl)nc2c(/C=C3\CC(=O)NC3=O)cnn12)C1CC1.O=C1C/C(=C\c2cnn3c(NC4CC4)cc(Nc4ccc(F)cc4F)nc23)C(=O)N1. The molecule has 0 atom stereocenters. The molecule has 5 aromatic rings. The van der Waals surface area contributed by atoms with Crippen LogP contribution in [-0.4, -0.2) is 76.6 Å². The highest BCUT2D eigenvalue weighted by atomic mass is 35.5. The van der Waals surface area contributed by atoms with E-state index in [2.05, 4.69) is 41.4 Å². The number of benzene rings is 1. The maximum absolute atomic E-state index is 14.1. The summed E-state index contributed by atoms with van der Waals surface area (Å²) >= 11 is 6.24. The minimum atomic E-state index is -0.745. The number of fused-ring (bicyclic) bond motifs is 2. The fourth-order valence-corrected chi connectivity index (χ4v) is 6.49. The number of nitrogens with one attached hydrogen (secondary N) is 4. The summed E-state index contributed by atoms with van der Waals surface area (Å²) in [6.07, 6.45) is 9.44. The Morgan fingerprint density at radius 1 is 0.881 bits per heavy atom. The van der Waals surface area contributed by atoms with Gasteiger partial charge in [-0.05, 0) is 70.7 Å². The number of anilines is 4. The van der Waals surface area contributed by atoms with Crippen LogP contribution in [0.3, 0.4) is 0 Å². The zero-order chi connectivity index (χ0) is 41.7. The molecule has 2 aliphatic heterocycles. The fraction of sp³-hybridized carbons (Fsp3) is 0.308. The van der Waals surface area contributed by atoms with Gasteiger partial charge in [-0.3, -0.25) is 34.7 Å². The molecule has 4 aliphatic rings. The smallest absolute Gasteiger partial charge is 0.416 e. The van der Waals surface area contributed by atoms with E-state index in [1.807, 2.05) is 0 Å². The summed E-state index contributed by atoms with van der Waals surface area (Å²) in [4.78, 5) is 69.9. The number of amides is 5. The van der Waals surface area contributed by atoms with Gasteiger partial charge in [-0.1, -0.05) is 11.6 Å². The summed E-state index contributed by atoms with van der Waals surface area (Å²) in [6.45, 7) is 5.41. The number of imide groups is 2. The van der Waals surface area contributed by atoms with Crippen molar-refractivity contribution in [2.24, 2.45) is 0 Å². The van der Waals surface area contributed by atoms with Gasteiger partial charge in [-0.15, -0.1) is 0 Å². The van der Waals surface area contributed by atoms with E-state index in [4.69, 9.17) is 16.3 Å². The molecule has 6 heterocycles. The second-order valence-corrected chi connectivity index (χ2v) is 15.7. The Balaban J connectivity index is 0.000000164. The average Bonchev–Trinajstić information content (AvgIpc) is 4.02. The van der Waals surface area contributed by atoms with E-state index >= 15 is 0 Å². The number of hydrogen-bond acceptors (Lipinski definition) is 12. The van der Waals surface area contributed by atoms with Gasteiger partial charge in [0.25, 0.3) is 11.8 Å². The third kappa shape index (κ3) is 8.74. The van der Waals surface area contributed by atoms with E-state index in [0.29, 0.717) is 57.1 Å². The minimum absolute atomic E-state index is 0.00393. The molecule has 304 valence electrons. The average molecular weight is 828 g/mol. The molecular weight excluding hydrogens is 792 g/mol. The van der Waals surface area contributed by atoms with Crippen molar-refractivity contribution in [3.63, 3.8) is 0 Å². The van der Waals surface area contributed by atoms with Crippen molar-refractivity contribution in [3.05, 3.63) is 81.8 Å². The number of ether oxygens (including phenoxy) is 1. The first kappa shape index (κ1) is 39.1. The molecule has 20 heteroatoms. The molecule has 9 rings (SSSR count). The molecule has 0 radical (unpaired) electrons. The molecule has 0 spiro atoms. The lowest BCUT2D eigenvalue weighted by Gasteiger charge is -2.27. The van der Waals surface area contributed by atoms with Crippen molar-refractivity contribution in [1.82, 2.24) is 39.8 Å². The summed E-state index contributed by atoms with van der Waals surface area (Å²) in [6, 6.07) is 6.78. The van der Waals surface area contributed by atoms with Crippen LogP contribution in [0, 0.1) is 11.6 Å². The highest BCUT2D eigenvalue weighted by molar-refractivity contribution is 6.30. The normalized spacial score (nSPS) is 18.0. The van der Waals surface area contributed by atoms with Crippen molar-refractivity contribution in [2.45, 2.75) is 77.0 Å². The molecule has 2 saturated carbocycles. The van der Waals surface area contributed by atoms with Crippen LogP contribution in [0.5, 0.6) is 0 Å². The molecular formula is C39H36ClF2N11O6. The highest BCUT2D eigenvalue weighted by Gasteiger charge is 2.38. The Hall–Kier alpha value is -6.76. The van der Waals surface area contributed by atoms with Crippen LogP contribution in [0.4, 0.5) is 36.7 Å². The number of carbonyl (C=O) groups excluding carboxylic acids is 5. The molecule has 5 amide bonds. The van der Waals surface area contributed by atoms with Gasteiger partial charge in [0.15, 0.2) is 11.3 Å². The Labute approximate surface area is 338 Å². The largest absolute Gasteiger partial charge is 0.443 e. The number of aromatic nitrogens is 6. The van der Waals surface area contributed by atoms with Gasteiger partial charge in [0, 0.05) is 52.6 Å². The Morgan fingerprint density at radius 3 is 2.03 bits per heavy atom. The second kappa shape index (κ2) is 15.2. The van der Waals surface area contributed by atoms with Crippen LogP contribution in [0.2, 0.25) is 5.15 Å². The number of halogens is 3. The van der Waals surface area contributed by atoms with Gasteiger partial charge in [-0.2, -0.15) is 19.2 Å². The predicted octanol–water partition coefficient (Wildman–Crippen LogP) is 5.47. The molecule has 4 aromatic heterocycles. The summed E-state index contributed by atoms with van der Waals surface area (Å²) in [5.74, 6) is -1.61. The van der Waals surface area contributed by atoms with E-state index in [0.717, 1.165) is 37.8 Å². The zero-order valence-electron chi connectivity index (χ0n) is 31.8. The van der Waals surface area contributed by atoms with Crippen LogP contribution in [-0.2, 0) is 23.9 Å². The lowest BCUT2D eigenvalue weighted by Crippen LogP contribution is -2.39. The molecule has 4 N–H and O–H groups in total. The zero-order valence-corrected chi connectivity index (χ0v) is 32.6. The van der Waals surface area contributed by atoms with Crippen molar-refractivity contribution in [3.8, 4) is 0 Å². The van der Waals surface area contributed by atoms with Crippen molar-refractivity contribution < 1.29 is 37.5 Å². The van der Waals surface area contributed by atoms with E-state index in [1.54, 1.807) is 60.7 Å². The summed E-state index contributed by atoms with van der Waals surface area (Å²) in [7, 11) is 0. The van der Waals surface area contributed by atoms with Gasteiger partial charge >= 0.3 is 6.09 Å². The van der Waals surface area contributed by atoms with Gasteiger partial charge in [-0.25, -0.2) is 23.5 Å². The number of carbonyl (C=O) groups is 5. The van der Waals surface area contributed by atoms with E-state index < -0.39 is 35.1 Å². The van der Waals surface area contributed by atoms with Crippen molar-refractivity contribution in [1.29, 1.82) is 0 Å². The number of nitrogens with zero attached hydrogens (tertiary/aromatic N) is 7. The molecule has 59 heavy (non-hydrogen) atoms. The predicted molar refractivity (Wildman–Crippen MR) is 210 cm³/mol. The maximum Gasteiger partial charge on any atom is 0.416 e.